The number of carbonyl (C=O) groups is 3. The molecule has 9 nitrogen and oxygen atoms in total. The van der Waals surface area contributed by atoms with Gasteiger partial charge < -0.3 is 19.8 Å². The lowest BCUT2D eigenvalue weighted by atomic mass is 9.89. The van der Waals surface area contributed by atoms with E-state index in [9.17, 15) is 31.1 Å². The first-order chi connectivity index (χ1) is 18.1. The number of aliphatic carboxylic acids is 2. The number of amides is 1. The van der Waals surface area contributed by atoms with Gasteiger partial charge in [-0.05, 0) is 36.6 Å². The molecule has 2 aliphatic rings. The number of anilines is 1. The fourth-order valence-corrected chi connectivity index (χ4v) is 3.73. The SMILES string of the molecule is O=C(O)C(F)(F)F.O=C(O)C(F)(F)F.O=C1COC2(CCN(Cc3cccnc3)CC2)CN1c1ccccc1. The number of ether oxygens (including phenoxy) is 1. The van der Waals surface area contributed by atoms with Crippen molar-refractivity contribution in [2.45, 2.75) is 37.3 Å². The first-order valence-electron chi connectivity index (χ1n) is 11.3. The average molecular weight is 565 g/mol. The molecule has 39 heavy (non-hydrogen) atoms. The van der Waals surface area contributed by atoms with E-state index in [1.165, 1.54) is 5.56 Å². The van der Waals surface area contributed by atoms with Gasteiger partial charge in [-0.15, -0.1) is 0 Å². The van der Waals surface area contributed by atoms with Crippen LogP contribution in [0.2, 0.25) is 0 Å². The van der Waals surface area contributed by atoms with Crippen molar-refractivity contribution in [2.24, 2.45) is 0 Å². The van der Waals surface area contributed by atoms with Gasteiger partial charge in [-0.1, -0.05) is 24.3 Å². The smallest absolute Gasteiger partial charge is 0.475 e. The van der Waals surface area contributed by atoms with Crippen LogP contribution in [0.3, 0.4) is 0 Å². The molecule has 0 unspecified atom stereocenters. The quantitative estimate of drug-likeness (QED) is 0.541. The summed E-state index contributed by atoms with van der Waals surface area (Å²) in [5.41, 5.74) is 1.99. The maximum Gasteiger partial charge on any atom is 0.490 e. The van der Waals surface area contributed by atoms with Crippen molar-refractivity contribution in [3.8, 4) is 0 Å². The Morgan fingerprint density at radius 2 is 1.46 bits per heavy atom. The minimum atomic E-state index is -5.08. The van der Waals surface area contributed by atoms with Gasteiger partial charge in [-0.2, -0.15) is 26.3 Å². The number of nitrogens with zero attached hydrogens (tertiary/aromatic N) is 3. The third-order valence-corrected chi connectivity index (χ3v) is 5.70. The molecule has 2 saturated heterocycles. The lowest BCUT2D eigenvalue weighted by Gasteiger charge is -2.47. The van der Waals surface area contributed by atoms with Gasteiger partial charge in [0.2, 0.25) is 0 Å². The van der Waals surface area contributed by atoms with E-state index in [4.69, 9.17) is 24.5 Å². The number of hydrogen-bond acceptors (Lipinski definition) is 6. The topological polar surface area (TPSA) is 120 Å². The number of halogens is 6. The molecule has 3 heterocycles. The maximum atomic E-state index is 12.3. The van der Waals surface area contributed by atoms with Crippen molar-refractivity contribution >= 4 is 23.5 Å². The lowest BCUT2D eigenvalue weighted by Crippen LogP contribution is -2.58. The van der Waals surface area contributed by atoms with E-state index in [1.54, 1.807) is 6.20 Å². The maximum absolute atomic E-state index is 12.3. The van der Waals surface area contributed by atoms with Gasteiger partial charge in [-0.25, -0.2) is 9.59 Å². The molecule has 214 valence electrons. The van der Waals surface area contributed by atoms with E-state index in [0.29, 0.717) is 6.54 Å². The largest absolute Gasteiger partial charge is 0.490 e. The highest BCUT2D eigenvalue weighted by Gasteiger charge is 2.42. The first-order valence-corrected chi connectivity index (χ1v) is 11.3. The summed E-state index contributed by atoms with van der Waals surface area (Å²) in [5.74, 6) is -5.46. The number of carbonyl (C=O) groups excluding carboxylic acids is 1. The number of carboxylic acids is 2. The van der Waals surface area contributed by atoms with Crippen LogP contribution in [0.5, 0.6) is 0 Å². The molecule has 4 rings (SSSR count). The predicted molar refractivity (Wildman–Crippen MR) is 124 cm³/mol. The Labute approximate surface area is 218 Å². The summed E-state index contributed by atoms with van der Waals surface area (Å²) in [5, 5.41) is 14.2. The van der Waals surface area contributed by atoms with Gasteiger partial charge in [-0.3, -0.25) is 14.7 Å². The molecule has 0 bridgehead atoms. The summed E-state index contributed by atoms with van der Waals surface area (Å²) >= 11 is 0. The third-order valence-electron chi connectivity index (χ3n) is 5.70. The van der Waals surface area contributed by atoms with Crippen LogP contribution in [0.15, 0.2) is 54.9 Å². The van der Waals surface area contributed by atoms with Crippen LogP contribution in [0.1, 0.15) is 18.4 Å². The van der Waals surface area contributed by atoms with Crippen LogP contribution in [0.25, 0.3) is 0 Å². The predicted octanol–water partition coefficient (Wildman–Crippen LogP) is 3.75. The molecule has 0 saturated carbocycles. The van der Waals surface area contributed by atoms with Crippen LogP contribution in [0.4, 0.5) is 32.0 Å². The number of hydrogen-bond donors (Lipinski definition) is 2. The minimum Gasteiger partial charge on any atom is -0.475 e. The second-order valence-electron chi connectivity index (χ2n) is 8.53. The molecule has 0 atom stereocenters. The first kappa shape index (κ1) is 31.5. The Morgan fingerprint density at radius 1 is 0.923 bits per heavy atom. The minimum absolute atomic E-state index is 0.0506. The van der Waals surface area contributed by atoms with Crippen molar-refractivity contribution in [1.82, 2.24) is 9.88 Å². The number of alkyl halides is 6. The number of benzene rings is 1. The van der Waals surface area contributed by atoms with Crippen molar-refractivity contribution in [1.29, 1.82) is 0 Å². The van der Waals surface area contributed by atoms with E-state index in [2.05, 4.69) is 16.0 Å². The Bertz CT molecular complexity index is 1070. The molecule has 2 aliphatic heterocycles. The van der Waals surface area contributed by atoms with Gasteiger partial charge >= 0.3 is 24.3 Å². The summed E-state index contributed by atoms with van der Waals surface area (Å²) in [6.45, 7) is 3.71. The van der Waals surface area contributed by atoms with E-state index >= 15 is 0 Å². The molecule has 1 amide bonds. The second kappa shape index (κ2) is 13.4. The number of aromatic nitrogens is 1. The summed E-state index contributed by atoms with van der Waals surface area (Å²) in [6, 6.07) is 14.0. The molecule has 0 aliphatic carbocycles. The molecule has 2 N–H and O–H groups in total. The number of pyridine rings is 1. The number of para-hydroxylation sites is 1. The van der Waals surface area contributed by atoms with Crippen molar-refractivity contribution in [3.63, 3.8) is 0 Å². The second-order valence-corrected chi connectivity index (χ2v) is 8.53. The summed E-state index contributed by atoms with van der Waals surface area (Å²) in [7, 11) is 0. The highest BCUT2D eigenvalue weighted by atomic mass is 19.4. The summed E-state index contributed by atoms with van der Waals surface area (Å²) < 4.78 is 69.5. The lowest BCUT2D eigenvalue weighted by molar-refractivity contribution is -0.193. The van der Waals surface area contributed by atoms with Gasteiger partial charge in [0.25, 0.3) is 5.91 Å². The van der Waals surface area contributed by atoms with Crippen LogP contribution in [0, 0.1) is 0 Å². The van der Waals surface area contributed by atoms with Crippen molar-refractivity contribution < 1.29 is 55.7 Å². The normalized spacial score (nSPS) is 17.4. The zero-order chi connectivity index (χ0) is 29.3. The fraction of sp³-hybridized carbons (Fsp3) is 0.417. The Morgan fingerprint density at radius 3 is 1.92 bits per heavy atom. The van der Waals surface area contributed by atoms with E-state index in [-0.39, 0.29) is 18.1 Å². The van der Waals surface area contributed by atoms with E-state index in [1.807, 2.05) is 47.5 Å². The molecule has 2 aromatic rings. The van der Waals surface area contributed by atoms with Gasteiger partial charge in [0.1, 0.15) is 6.61 Å². The number of likely N-dealkylation sites (tertiary alicyclic amines) is 1. The van der Waals surface area contributed by atoms with Crippen molar-refractivity contribution in [3.05, 3.63) is 60.4 Å². The number of rotatable bonds is 3. The number of piperidine rings is 1. The standard InChI is InChI=1S/C20H23N3O2.2C2HF3O2/c24-19-15-25-20(16-23(19)18-6-2-1-3-7-18)8-11-22(12-9-20)14-17-5-4-10-21-13-17;2*3-2(4,5)1(6)7/h1-7,10,13H,8-9,11-12,14-16H2;2*(H,6,7). The molecule has 1 spiro atoms. The molecular formula is C24H25F6N3O6. The zero-order valence-corrected chi connectivity index (χ0v) is 20.3. The molecule has 15 heteroatoms. The average Bonchev–Trinajstić information content (AvgIpc) is 2.88. The Kier molecular flexibility index (Phi) is 10.8. The highest BCUT2D eigenvalue weighted by molar-refractivity contribution is 5.95. The monoisotopic (exact) mass is 565 g/mol. The highest BCUT2D eigenvalue weighted by Crippen LogP contribution is 2.33. The van der Waals surface area contributed by atoms with Gasteiger partial charge in [0.15, 0.2) is 0 Å². The Hall–Kier alpha value is -3.72. The van der Waals surface area contributed by atoms with Crippen LogP contribution in [-0.2, 0) is 25.7 Å². The number of morpholine rings is 1. The third kappa shape index (κ3) is 10.2. The summed E-state index contributed by atoms with van der Waals surface area (Å²) in [4.78, 5) is 38.6. The molecule has 2 fully saturated rings. The van der Waals surface area contributed by atoms with Gasteiger partial charge in [0, 0.05) is 37.7 Å². The fourth-order valence-electron chi connectivity index (χ4n) is 3.73. The summed E-state index contributed by atoms with van der Waals surface area (Å²) in [6.07, 6.45) is -4.54. The van der Waals surface area contributed by atoms with E-state index < -0.39 is 24.3 Å². The van der Waals surface area contributed by atoms with Crippen LogP contribution < -0.4 is 4.90 Å². The van der Waals surface area contributed by atoms with Crippen LogP contribution >= 0.6 is 0 Å². The Balaban J connectivity index is 0.000000317. The number of carboxylic acid groups (broad SMARTS) is 2. The molecule has 1 aromatic heterocycles. The van der Waals surface area contributed by atoms with Crippen molar-refractivity contribution in [2.75, 3.05) is 31.1 Å². The molecular weight excluding hydrogens is 540 g/mol. The van der Waals surface area contributed by atoms with Crippen LogP contribution in [-0.4, -0.2) is 82.1 Å². The molecule has 1 aromatic carbocycles. The molecule has 0 radical (unpaired) electrons. The van der Waals surface area contributed by atoms with E-state index in [0.717, 1.165) is 38.2 Å². The van der Waals surface area contributed by atoms with Gasteiger partial charge in [0.05, 0.1) is 12.1 Å². The zero-order valence-electron chi connectivity index (χ0n) is 20.3.